The number of rotatable bonds is 2. The number of anilines is 1. The first kappa shape index (κ1) is 14.2. The van der Waals surface area contributed by atoms with Gasteiger partial charge in [-0.2, -0.15) is 13.2 Å². The van der Waals surface area contributed by atoms with Crippen LogP contribution in [0.2, 0.25) is 0 Å². The summed E-state index contributed by atoms with van der Waals surface area (Å²) in [5.74, 6) is 0.132. The van der Waals surface area contributed by atoms with Gasteiger partial charge in [0.25, 0.3) is 5.91 Å². The summed E-state index contributed by atoms with van der Waals surface area (Å²) in [5, 5.41) is 3.30. The smallest absolute Gasteiger partial charge is 0.370 e. The van der Waals surface area contributed by atoms with Crippen LogP contribution in [-0.2, 0) is 6.18 Å². The molecule has 7 heteroatoms. The van der Waals surface area contributed by atoms with Crippen molar-refractivity contribution >= 4 is 11.6 Å². The number of fused-ring (bicyclic) bond motifs is 1. The van der Waals surface area contributed by atoms with Crippen LogP contribution in [0.4, 0.5) is 18.9 Å². The standard InChI is InChI=1S/C14H16F3N3O/c15-14(16,17)10-1-2-12(11(3-10)13(18)21)20-6-8-4-19-5-9(8)7-20/h1-3,8-9,19H,4-7H2,(H2,18,21)/t8-,9+. The summed E-state index contributed by atoms with van der Waals surface area (Å²) < 4.78 is 38.3. The summed E-state index contributed by atoms with van der Waals surface area (Å²) in [6, 6.07) is 3.22. The summed E-state index contributed by atoms with van der Waals surface area (Å²) in [6.45, 7) is 3.30. The molecule has 21 heavy (non-hydrogen) atoms. The van der Waals surface area contributed by atoms with Crippen molar-refractivity contribution in [2.24, 2.45) is 17.6 Å². The minimum Gasteiger partial charge on any atom is -0.370 e. The van der Waals surface area contributed by atoms with Crippen LogP contribution >= 0.6 is 0 Å². The Kier molecular flexibility index (Phi) is 3.32. The molecule has 3 rings (SSSR count). The molecule has 2 fully saturated rings. The Morgan fingerprint density at radius 3 is 2.38 bits per heavy atom. The second kappa shape index (κ2) is 4.91. The molecule has 2 aliphatic heterocycles. The van der Waals surface area contributed by atoms with Crippen LogP contribution < -0.4 is 16.0 Å². The minimum atomic E-state index is -4.48. The molecule has 2 saturated heterocycles. The number of benzene rings is 1. The van der Waals surface area contributed by atoms with Gasteiger partial charge in [0, 0.05) is 31.9 Å². The third kappa shape index (κ3) is 2.57. The zero-order valence-corrected chi connectivity index (χ0v) is 11.3. The molecule has 1 aromatic rings. The Morgan fingerprint density at radius 2 is 1.86 bits per heavy atom. The first-order chi connectivity index (χ1) is 9.86. The zero-order chi connectivity index (χ0) is 15.2. The van der Waals surface area contributed by atoms with Crippen molar-refractivity contribution in [2.75, 3.05) is 31.1 Å². The van der Waals surface area contributed by atoms with Crippen molar-refractivity contribution in [3.05, 3.63) is 29.3 Å². The molecule has 3 N–H and O–H groups in total. The number of hydrogen-bond acceptors (Lipinski definition) is 3. The molecule has 114 valence electrons. The number of amides is 1. The Balaban J connectivity index is 1.93. The number of hydrogen-bond donors (Lipinski definition) is 2. The number of primary amides is 1. The van der Waals surface area contributed by atoms with Gasteiger partial charge in [-0.1, -0.05) is 0 Å². The Hall–Kier alpha value is -1.76. The van der Waals surface area contributed by atoms with Crippen molar-refractivity contribution in [1.29, 1.82) is 0 Å². The SMILES string of the molecule is NC(=O)c1cc(C(F)(F)F)ccc1N1C[C@H]2CNC[C@H]2C1. The lowest BCUT2D eigenvalue weighted by Gasteiger charge is -2.23. The van der Waals surface area contributed by atoms with Crippen LogP contribution in [0.25, 0.3) is 0 Å². The fourth-order valence-corrected chi connectivity index (χ4v) is 3.24. The summed E-state index contributed by atoms with van der Waals surface area (Å²) in [5.41, 5.74) is 4.87. The van der Waals surface area contributed by atoms with E-state index in [-0.39, 0.29) is 5.56 Å². The molecule has 0 unspecified atom stereocenters. The van der Waals surface area contributed by atoms with Gasteiger partial charge in [0.15, 0.2) is 0 Å². The normalized spacial score (nSPS) is 25.2. The van der Waals surface area contributed by atoms with Crippen molar-refractivity contribution in [2.45, 2.75) is 6.18 Å². The van der Waals surface area contributed by atoms with E-state index in [4.69, 9.17) is 5.73 Å². The predicted octanol–water partition coefficient (Wildman–Crippen LogP) is 1.46. The first-order valence-corrected chi connectivity index (χ1v) is 6.83. The molecule has 0 spiro atoms. The molecular weight excluding hydrogens is 283 g/mol. The van der Waals surface area contributed by atoms with Crippen molar-refractivity contribution in [3.8, 4) is 0 Å². The van der Waals surface area contributed by atoms with Crippen molar-refractivity contribution in [1.82, 2.24) is 5.32 Å². The van der Waals surface area contributed by atoms with E-state index in [1.807, 2.05) is 4.90 Å². The predicted molar refractivity (Wildman–Crippen MR) is 72.0 cm³/mol. The molecule has 4 nitrogen and oxygen atoms in total. The Bertz CT molecular complexity index is 561. The number of nitrogens with two attached hydrogens (primary N) is 1. The fourth-order valence-electron chi connectivity index (χ4n) is 3.24. The molecule has 0 aromatic heterocycles. The van der Waals surface area contributed by atoms with Crippen LogP contribution in [0.3, 0.4) is 0 Å². The van der Waals surface area contributed by atoms with E-state index < -0.39 is 17.6 Å². The van der Waals surface area contributed by atoms with Gasteiger partial charge in [-0.05, 0) is 30.0 Å². The second-order valence-corrected chi connectivity index (χ2v) is 5.68. The third-order valence-corrected chi connectivity index (χ3v) is 4.32. The Morgan fingerprint density at radius 1 is 1.24 bits per heavy atom. The summed E-state index contributed by atoms with van der Waals surface area (Å²) in [7, 11) is 0. The van der Waals surface area contributed by atoms with Crippen LogP contribution in [0.15, 0.2) is 18.2 Å². The number of alkyl halides is 3. The highest BCUT2D eigenvalue weighted by molar-refractivity contribution is 5.99. The maximum atomic E-state index is 12.8. The van der Waals surface area contributed by atoms with E-state index in [1.165, 1.54) is 6.07 Å². The lowest BCUT2D eigenvalue weighted by molar-refractivity contribution is -0.137. The number of carbonyl (C=O) groups is 1. The van der Waals surface area contributed by atoms with Gasteiger partial charge in [0.2, 0.25) is 0 Å². The first-order valence-electron chi connectivity index (χ1n) is 6.83. The zero-order valence-electron chi connectivity index (χ0n) is 11.3. The number of nitrogens with zero attached hydrogens (tertiary/aromatic N) is 1. The maximum absolute atomic E-state index is 12.8. The molecular formula is C14H16F3N3O. The lowest BCUT2D eigenvalue weighted by atomic mass is 10.0. The van der Waals surface area contributed by atoms with E-state index in [0.29, 0.717) is 17.5 Å². The van der Waals surface area contributed by atoms with Gasteiger partial charge in [-0.3, -0.25) is 4.79 Å². The van der Waals surface area contributed by atoms with E-state index in [9.17, 15) is 18.0 Å². The molecule has 2 atom stereocenters. The quantitative estimate of drug-likeness (QED) is 0.869. The van der Waals surface area contributed by atoms with Gasteiger partial charge >= 0.3 is 6.18 Å². The Labute approximate surface area is 120 Å². The third-order valence-electron chi connectivity index (χ3n) is 4.32. The van der Waals surface area contributed by atoms with Gasteiger partial charge in [0.1, 0.15) is 0 Å². The molecule has 0 bridgehead atoms. The number of carbonyl (C=O) groups excluding carboxylic acids is 1. The van der Waals surface area contributed by atoms with E-state index in [2.05, 4.69) is 5.32 Å². The van der Waals surface area contributed by atoms with Gasteiger partial charge in [0.05, 0.1) is 11.1 Å². The van der Waals surface area contributed by atoms with Crippen molar-refractivity contribution in [3.63, 3.8) is 0 Å². The van der Waals surface area contributed by atoms with E-state index in [1.54, 1.807) is 0 Å². The van der Waals surface area contributed by atoms with Gasteiger partial charge in [-0.15, -0.1) is 0 Å². The average molecular weight is 299 g/mol. The molecule has 0 saturated carbocycles. The molecule has 1 aromatic carbocycles. The number of nitrogens with one attached hydrogen (secondary N) is 1. The monoisotopic (exact) mass is 299 g/mol. The van der Waals surface area contributed by atoms with Crippen LogP contribution in [0, 0.1) is 11.8 Å². The fraction of sp³-hybridized carbons (Fsp3) is 0.500. The highest BCUT2D eigenvalue weighted by Gasteiger charge is 2.38. The summed E-state index contributed by atoms with van der Waals surface area (Å²) >= 11 is 0. The molecule has 0 aliphatic carbocycles. The van der Waals surface area contributed by atoms with Crippen LogP contribution in [0.5, 0.6) is 0 Å². The van der Waals surface area contributed by atoms with Gasteiger partial charge < -0.3 is 16.0 Å². The summed E-state index contributed by atoms with van der Waals surface area (Å²) in [4.78, 5) is 13.5. The minimum absolute atomic E-state index is 0.0576. The topological polar surface area (TPSA) is 58.4 Å². The van der Waals surface area contributed by atoms with Crippen LogP contribution in [-0.4, -0.2) is 32.1 Å². The molecule has 0 radical (unpaired) electrons. The molecule has 1 amide bonds. The van der Waals surface area contributed by atoms with E-state index in [0.717, 1.165) is 38.3 Å². The van der Waals surface area contributed by atoms with Crippen molar-refractivity contribution < 1.29 is 18.0 Å². The highest BCUT2D eigenvalue weighted by atomic mass is 19.4. The van der Waals surface area contributed by atoms with Gasteiger partial charge in [-0.25, -0.2) is 0 Å². The average Bonchev–Trinajstić information content (AvgIpc) is 2.97. The van der Waals surface area contributed by atoms with E-state index >= 15 is 0 Å². The van der Waals surface area contributed by atoms with Crippen LogP contribution in [0.1, 0.15) is 15.9 Å². The summed E-state index contributed by atoms with van der Waals surface area (Å²) in [6.07, 6.45) is -4.48. The maximum Gasteiger partial charge on any atom is 0.416 e. The largest absolute Gasteiger partial charge is 0.416 e. The number of halogens is 3. The molecule has 2 aliphatic rings. The molecule has 2 heterocycles. The highest BCUT2D eigenvalue weighted by Crippen LogP contribution is 2.36. The lowest BCUT2D eigenvalue weighted by Crippen LogP contribution is -2.28. The second-order valence-electron chi connectivity index (χ2n) is 5.68.